The predicted molar refractivity (Wildman–Crippen MR) is 61.8 cm³/mol. The average Bonchev–Trinajstić information content (AvgIpc) is 2.25. The third-order valence-corrected chi connectivity index (χ3v) is 3.48. The minimum atomic E-state index is 0.568. The number of hydrogen-bond donors (Lipinski definition) is 2. The highest BCUT2D eigenvalue weighted by Crippen LogP contribution is 2.28. The highest BCUT2D eigenvalue weighted by molar-refractivity contribution is 4.73. The van der Waals surface area contributed by atoms with Crippen molar-refractivity contribution in [2.45, 2.75) is 70.8 Å². The molecule has 1 saturated carbocycles. The molecule has 1 aliphatic rings. The molecule has 0 aromatic rings. The second-order valence-electron chi connectivity index (χ2n) is 4.75. The Kier molecular flexibility index (Phi) is 6.20. The molecule has 0 amide bonds. The number of hydrogen-bond acceptors (Lipinski definition) is 2. The van der Waals surface area contributed by atoms with Crippen molar-refractivity contribution in [1.29, 1.82) is 0 Å². The highest BCUT2D eigenvalue weighted by atomic mass is 15.2. The zero-order valence-electron chi connectivity index (χ0n) is 9.60. The molecule has 2 heteroatoms. The molecule has 0 spiro atoms. The van der Waals surface area contributed by atoms with E-state index in [1.165, 1.54) is 57.8 Å². The number of hydrazine groups is 1. The van der Waals surface area contributed by atoms with E-state index in [9.17, 15) is 0 Å². The molecule has 1 atom stereocenters. The molecular weight excluding hydrogens is 172 g/mol. The summed E-state index contributed by atoms with van der Waals surface area (Å²) in [6, 6.07) is 0.568. The fraction of sp³-hybridized carbons (Fsp3) is 1.00. The molecular formula is C12H26N2. The lowest BCUT2D eigenvalue weighted by molar-refractivity contribution is 0.289. The fourth-order valence-electron chi connectivity index (χ4n) is 2.54. The maximum atomic E-state index is 5.58. The molecule has 0 bridgehead atoms. The third-order valence-electron chi connectivity index (χ3n) is 3.48. The van der Waals surface area contributed by atoms with E-state index in [1.807, 2.05) is 0 Å². The molecule has 1 rings (SSSR count). The number of rotatable bonds is 6. The normalized spacial score (nSPS) is 21.0. The molecule has 3 N–H and O–H groups in total. The Hall–Kier alpha value is -0.0800. The summed E-state index contributed by atoms with van der Waals surface area (Å²) < 4.78 is 0. The van der Waals surface area contributed by atoms with Gasteiger partial charge in [-0.15, -0.1) is 0 Å². The summed E-state index contributed by atoms with van der Waals surface area (Å²) in [7, 11) is 0. The summed E-state index contributed by atoms with van der Waals surface area (Å²) >= 11 is 0. The van der Waals surface area contributed by atoms with Crippen molar-refractivity contribution in [3.05, 3.63) is 0 Å². The molecule has 2 nitrogen and oxygen atoms in total. The fourth-order valence-corrected chi connectivity index (χ4v) is 2.54. The van der Waals surface area contributed by atoms with Gasteiger partial charge in [0.05, 0.1) is 0 Å². The van der Waals surface area contributed by atoms with Gasteiger partial charge in [0.25, 0.3) is 0 Å². The van der Waals surface area contributed by atoms with Crippen LogP contribution in [0.25, 0.3) is 0 Å². The van der Waals surface area contributed by atoms with Crippen LogP contribution < -0.4 is 11.3 Å². The van der Waals surface area contributed by atoms with E-state index in [1.54, 1.807) is 0 Å². The summed E-state index contributed by atoms with van der Waals surface area (Å²) in [6.07, 6.45) is 12.3. The lowest BCUT2D eigenvalue weighted by Gasteiger charge is -2.26. The van der Waals surface area contributed by atoms with Gasteiger partial charge < -0.3 is 0 Å². The standard InChI is InChI=1S/C12H26N2/c1-2-3-9-12(14-13)10-11-7-5-4-6-8-11/h11-12,14H,2-10,13H2,1H3. The maximum Gasteiger partial charge on any atom is 0.0213 e. The van der Waals surface area contributed by atoms with E-state index >= 15 is 0 Å². The van der Waals surface area contributed by atoms with Crippen molar-refractivity contribution < 1.29 is 0 Å². The van der Waals surface area contributed by atoms with E-state index in [4.69, 9.17) is 5.84 Å². The molecule has 0 heterocycles. The largest absolute Gasteiger partial charge is 0.271 e. The van der Waals surface area contributed by atoms with Gasteiger partial charge in [-0.25, -0.2) is 0 Å². The second-order valence-corrected chi connectivity index (χ2v) is 4.75. The van der Waals surface area contributed by atoms with Gasteiger partial charge in [0.1, 0.15) is 0 Å². The van der Waals surface area contributed by atoms with Crippen LogP contribution in [0.3, 0.4) is 0 Å². The first-order valence-electron chi connectivity index (χ1n) is 6.33. The van der Waals surface area contributed by atoms with Crippen molar-refractivity contribution in [2.24, 2.45) is 11.8 Å². The van der Waals surface area contributed by atoms with Crippen molar-refractivity contribution in [3.63, 3.8) is 0 Å². The summed E-state index contributed by atoms with van der Waals surface area (Å²) in [5, 5.41) is 0. The van der Waals surface area contributed by atoms with Crippen LogP contribution in [0.4, 0.5) is 0 Å². The topological polar surface area (TPSA) is 38.0 Å². The Balaban J connectivity index is 2.16. The van der Waals surface area contributed by atoms with Crippen LogP contribution in [0.15, 0.2) is 0 Å². The monoisotopic (exact) mass is 198 g/mol. The minimum absolute atomic E-state index is 0.568. The first-order chi connectivity index (χ1) is 6.86. The Morgan fingerprint density at radius 3 is 2.57 bits per heavy atom. The lowest BCUT2D eigenvalue weighted by Crippen LogP contribution is -2.36. The Labute approximate surface area is 88.6 Å². The smallest absolute Gasteiger partial charge is 0.0213 e. The summed E-state index contributed by atoms with van der Waals surface area (Å²) in [4.78, 5) is 0. The van der Waals surface area contributed by atoms with Gasteiger partial charge >= 0.3 is 0 Å². The molecule has 0 aromatic heterocycles. The van der Waals surface area contributed by atoms with Crippen LogP contribution in [-0.2, 0) is 0 Å². The van der Waals surface area contributed by atoms with E-state index in [0.29, 0.717) is 6.04 Å². The molecule has 1 fully saturated rings. The minimum Gasteiger partial charge on any atom is -0.271 e. The van der Waals surface area contributed by atoms with Crippen LogP contribution in [-0.4, -0.2) is 6.04 Å². The van der Waals surface area contributed by atoms with Gasteiger partial charge in [0, 0.05) is 6.04 Å². The van der Waals surface area contributed by atoms with Crippen LogP contribution >= 0.6 is 0 Å². The van der Waals surface area contributed by atoms with Crippen LogP contribution in [0.1, 0.15) is 64.7 Å². The van der Waals surface area contributed by atoms with Crippen molar-refractivity contribution in [2.75, 3.05) is 0 Å². The number of nitrogens with two attached hydrogens (primary N) is 1. The molecule has 1 aliphatic carbocycles. The molecule has 0 radical (unpaired) electrons. The van der Waals surface area contributed by atoms with Gasteiger partial charge in [-0.1, -0.05) is 51.9 Å². The Bertz CT molecular complexity index is 130. The van der Waals surface area contributed by atoms with Gasteiger partial charge in [-0.3, -0.25) is 11.3 Å². The van der Waals surface area contributed by atoms with E-state index in [0.717, 1.165) is 5.92 Å². The SMILES string of the molecule is CCCCC(CC1CCCCC1)NN. The molecule has 0 saturated heterocycles. The predicted octanol–water partition coefficient (Wildman–Crippen LogP) is 2.98. The van der Waals surface area contributed by atoms with Gasteiger partial charge in [-0.2, -0.15) is 0 Å². The van der Waals surface area contributed by atoms with E-state index in [2.05, 4.69) is 12.3 Å². The van der Waals surface area contributed by atoms with Crippen molar-refractivity contribution in [3.8, 4) is 0 Å². The van der Waals surface area contributed by atoms with Crippen LogP contribution in [0.5, 0.6) is 0 Å². The zero-order chi connectivity index (χ0) is 10.2. The van der Waals surface area contributed by atoms with Crippen molar-refractivity contribution in [1.82, 2.24) is 5.43 Å². The van der Waals surface area contributed by atoms with E-state index in [-0.39, 0.29) is 0 Å². The van der Waals surface area contributed by atoms with Crippen molar-refractivity contribution >= 4 is 0 Å². The summed E-state index contributed by atoms with van der Waals surface area (Å²) in [5.41, 5.74) is 2.98. The average molecular weight is 198 g/mol. The van der Waals surface area contributed by atoms with Gasteiger partial charge in [-0.05, 0) is 18.8 Å². The molecule has 0 aliphatic heterocycles. The summed E-state index contributed by atoms with van der Waals surface area (Å²) in [6.45, 7) is 2.24. The Morgan fingerprint density at radius 1 is 1.29 bits per heavy atom. The number of nitrogens with one attached hydrogen (secondary N) is 1. The second kappa shape index (κ2) is 7.24. The quantitative estimate of drug-likeness (QED) is 0.508. The third kappa shape index (κ3) is 4.43. The number of unbranched alkanes of at least 4 members (excludes halogenated alkanes) is 1. The molecule has 0 aromatic carbocycles. The van der Waals surface area contributed by atoms with Crippen LogP contribution in [0.2, 0.25) is 0 Å². The molecule has 1 unspecified atom stereocenters. The summed E-state index contributed by atoms with van der Waals surface area (Å²) in [5.74, 6) is 6.53. The van der Waals surface area contributed by atoms with Crippen LogP contribution in [0, 0.1) is 5.92 Å². The lowest BCUT2D eigenvalue weighted by atomic mass is 9.84. The molecule has 14 heavy (non-hydrogen) atoms. The zero-order valence-corrected chi connectivity index (χ0v) is 9.60. The van der Waals surface area contributed by atoms with Gasteiger partial charge in [0.2, 0.25) is 0 Å². The van der Waals surface area contributed by atoms with Gasteiger partial charge in [0.15, 0.2) is 0 Å². The highest BCUT2D eigenvalue weighted by Gasteiger charge is 2.17. The first-order valence-corrected chi connectivity index (χ1v) is 6.33. The first kappa shape index (κ1) is 12.0. The molecule has 84 valence electrons. The maximum absolute atomic E-state index is 5.58. The Morgan fingerprint density at radius 2 is 2.00 bits per heavy atom. The van der Waals surface area contributed by atoms with E-state index < -0.39 is 0 Å².